The van der Waals surface area contributed by atoms with Gasteiger partial charge in [0.05, 0.1) is 12.6 Å². The molecule has 0 aromatic carbocycles. The van der Waals surface area contributed by atoms with Gasteiger partial charge in [0.25, 0.3) is 0 Å². The zero-order valence-corrected chi connectivity index (χ0v) is 14.5. The zero-order chi connectivity index (χ0) is 16.9. The van der Waals surface area contributed by atoms with Gasteiger partial charge in [-0.15, -0.1) is 0 Å². The molecule has 1 amide bonds. The number of hydrogen-bond donors (Lipinski definition) is 1. The van der Waals surface area contributed by atoms with Crippen LogP contribution in [-0.4, -0.2) is 77.7 Å². The Balaban J connectivity index is 1.42. The van der Waals surface area contributed by atoms with Gasteiger partial charge in [0.1, 0.15) is 5.82 Å². The Kier molecular flexibility index (Phi) is 5.68. The van der Waals surface area contributed by atoms with Crippen molar-refractivity contribution in [2.45, 2.75) is 25.9 Å². The van der Waals surface area contributed by atoms with Crippen LogP contribution in [0.4, 0.5) is 5.82 Å². The molecule has 2 saturated heterocycles. The van der Waals surface area contributed by atoms with Crippen LogP contribution < -0.4 is 4.90 Å². The van der Waals surface area contributed by atoms with Crippen molar-refractivity contribution in [3.63, 3.8) is 0 Å². The first-order valence-corrected chi connectivity index (χ1v) is 8.97. The largest absolute Gasteiger partial charge is 0.393 e. The predicted octanol–water partition coefficient (Wildman–Crippen LogP) is 0.823. The van der Waals surface area contributed by atoms with Crippen molar-refractivity contribution in [1.29, 1.82) is 0 Å². The summed E-state index contributed by atoms with van der Waals surface area (Å²) in [7, 11) is 0. The maximum absolute atomic E-state index is 12.5. The number of nitrogens with zero attached hydrogens (tertiary/aromatic N) is 4. The molecule has 2 aliphatic rings. The van der Waals surface area contributed by atoms with Crippen LogP contribution in [0, 0.1) is 5.92 Å². The minimum atomic E-state index is -0.262. The summed E-state index contributed by atoms with van der Waals surface area (Å²) in [6, 6.07) is 5.97. The van der Waals surface area contributed by atoms with E-state index in [9.17, 15) is 9.90 Å². The monoisotopic (exact) mass is 332 g/mol. The molecule has 0 saturated carbocycles. The number of carbonyl (C=O) groups is 1. The van der Waals surface area contributed by atoms with E-state index < -0.39 is 0 Å². The Hall–Kier alpha value is -1.66. The standard InChI is InChI=1S/C18H28N4O2/c1-15(23)16-5-8-22(9-6-16)18(24)14-20-10-12-21(13-11-20)17-4-2-3-7-19-17/h2-4,7,15-16,23H,5-6,8-14H2,1H3. The second kappa shape index (κ2) is 7.94. The third-order valence-electron chi connectivity index (χ3n) is 5.28. The number of aromatic nitrogens is 1. The van der Waals surface area contributed by atoms with Crippen LogP contribution >= 0.6 is 0 Å². The first kappa shape index (κ1) is 17.2. The first-order valence-electron chi connectivity index (χ1n) is 8.97. The van der Waals surface area contributed by atoms with Crippen LogP contribution in [0.25, 0.3) is 0 Å². The Morgan fingerprint density at radius 2 is 1.92 bits per heavy atom. The van der Waals surface area contributed by atoms with E-state index in [0.717, 1.165) is 57.9 Å². The maximum atomic E-state index is 12.5. The number of aliphatic hydroxyl groups is 1. The lowest BCUT2D eigenvalue weighted by molar-refractivity contribution is -0.134. The molecule has 0 bridgehead atoms. The molecule has 1 aromatic heterocycles. The van der Waals surface area contributed by atoms with E-state index in [1.807, 2.05) is 36.2 Å². The van der Waals surface area contributed by atoms with Crippen LogP contribution in [0.2, 0.25) is 0 Å². The number of amides is 1. The molecule has 1 aromatic rings. The number of aliphatic hydroxyl groups excluding tert-OH is 1. The van der Waals surface area contributed by atoms with Gasteiger partial charge in [0, 0.05) is 45.5 Å². The average Bonchev–Trinajstić information content (AvgIpc) is 2.63. The molecule has 132 valence electrons. The molecule has 1 unspecified atom stereocenters. The van der Waals surface area contributed by atoms with E-state index in [-0.39, 0.29) is 12.0 Å². The summed E-state index contributed by atoms with van der Waals surface area (Å²) in [5.74, 6) is 1.59. The van der Waals surface area contributed by atoms with Gasteiger partial charge in [0.15, 0.2) is 0 Å². The Morgan fingerprint density at radius 3 is 2.50 bits per heavy atom. The summed E-state index contributed by atoms with van der Waals surface area (Å²) in [5, 5.41) is 9.66. The van der Waals surface area contributed by atoms with Crippen molar-refractivity contribution < 1.29 is 9.90 Å². The van der Waals surface area contributed by atoms with Gasteiger partial charge in [-0.3, -0.25) is 9.69 Å². The molecular weight excluding hydrogens is 304 g/mol. The average molecular weight is 332 g/mol. The number of carbonyl (C=O) groups excluding carboxylic acids is 1. The van der Waals surface area contributed by atoms with Crippen LogP contribution in [-0.2, 0) is 4.79 Å². The number of hydrogen-bond acceptors (Lipinski definition) is 5. The summed E-state index contributed by atoms with van der Waals surface area (Å²) in [6.45, 7) is 7.53. The van der Waals surface area contributed by atoms with Crippen molar-refractivity contribution in [3.05, 3.63) is 24.4 Å². The molecule has 1 N–H and O–H groups in total. The molecule has 3 rings (SSSR count). The van der Waals surface area contributed by atoms with E-state index in [2.05, 4.69) is 14.8 Å². The van der Waals surface area contributed by atoms with E-state index in [1.165, 1.54) is 0 Å². The topological polar surface area (TPSA) is 59.9 Å². The molecule has 0 aliphatic carbocycles. The molecule has 1 atom stereocenters. The van der Waals surface area contributed by atoms with Crippen molar-refractivity contribution in [2.75, 3.05) is 50.7 Å². The summed E-state index contributed by atoms with van der Waals surface area (Å²) in [4.78, 5) is 23.4. The summed E-state index contributed by atoms with van der Waals surface area (Å²) >= 11 is 0. The molecule has 24 heavy (non-hydrogen) atoms. The second-order valence-electron chi connectivity index (χ2n) is 6.91. The lowest BCUT2D eigenvalue weighted by Crippen LogP contribution is -2.51. The number of piperazine rings is 1. The molecule has 6 heteroatoms. The molecule has 2 fully saturated rings. The number of likely N-dealkylation sites (tertiary alicyclic amines) is 1. The zero-order valence-electron chi connectivity index (χ0n) is 14.5. The summed E-state index contributed by atoms with van der Waals surface area (Å²) < 4.78 is 0. The molecule has 2 aliphatic heterocycles. The Labute approximate surface area is 144 Å². The van der Waals surface area contributed by atoms with Crippen molar-refractivity contribution in [3.8, 4) is 0 Å². The Morgan fingerprint density at radius 1 is 1.21 bits per heavy atom. The molecule has 0 spiro atoms. The van der Waals surface area contributed by atoms with Crippen LogP contribution in [0.3, 0.4) is 0 Å². The number of piperidine rings is 1. The fraction of sp³-hybridized carbons (Fsp3) is 0.667. The van der Waals surface area contributed by atoms with Gasteiger partial charge in [-0.05, 0) is 37.8 Å². The molecule has 3 heterocycles. The van der Waals surface area contributed by atoms with Crippen LogP contribution in [0.15, 0.2) is 24.4 Å². The fourth-order valence-electron chi connectivity index (χ4n) is 3.60. The predicted molar refractivity (Wildman–Crippen MR) is 93.9 cm³/mol. The highest BCUT2D eigenvalue weighted by molar-refractivity contribution is 5.78. The maximum Gasteiger partial charge on any atom is 0.236 e. The number of anilines is 1. The van der Waals surface area contributed by atoms with Gasteiger partial charge < -0.3 is 14.9 Å². The van der Waals surface area contributed by atoms with Crippen molar-refractivity contribution in [2.24, 2.45) is 5.92 Å². The smallest absolute Gasteiger partial charge is 0.236 e. The third kappa shape index (κ3) is 4.24. The van der Waals surface area contributed by atoms with Gasteiger partial charge >= 0.3 is 0 Å². The van der Waals surface area contributed by atoms with Crippen molar-refractivity contribution in [1.82, 2.24) is 14.8 Å². The summed E-state index contributed by atoms with van der Waals surface area (Å²) in [5.41, 5.74) is 0. The fourth-order valence-corrected chi connectivity index (χ4v) is 3.60. The SMILES string of the molecule is CC(O)C1CCN(C(=O)CN2CCN(c3ccccn3)CC2)CC1. The highest BCUT2D eigenvalue weighted by atomic mass is 16.3. The first-order chi connectivity index (χ1) is 11.6. The van der Waals surface area contributed by atoms with Crippen molar-refractivity contribution >= 4 is 11.7 Å². The summed E-state index contributed by atoms with van der Waals surface area (Å²) in [6.07, 6.45) is 3.39. The van der Waals surface area contributed by atoms with Gasteiger partial charge in [-0.25, -0.2) is 4.98 Å². The minimum Gasteiger partial charge on any atom is -0.393 e. The number of rotatable bonds is 4. The van der Waals surface area contributed by atoms with Crippen LogP contribution in [0.1, 0.15) is 19.8 Å². The lowest BCUT2D eigenvalue weighted by Gasteiger charge is -2.37. The Bertz CT molecular complexity index is 521. The lowest BCUT2D eigenvalue weighted by atomic mass is 9.92. The highest BCUT2D eigenvalue weighted by Crippen LogP contribution is 2.21. The normalized spacial score (nSPS) is 21.8. The minimum absolute atomic E-state index is 0.227. The third-order valence-corrected chi connectivity index (χ3v) is 5.28. The van der Waals surface area contributed by atoms with Gasteiger partial charge in [0.2, 0.25) is 5.91 Å². The van der Waals surface area contributed by atoms with E-state index in [1.54, 1.807) is 0 Å². The van der Waals surface area contributed by atoms with E-state index in [4.69, 9.17) is 0 Å². The highest BCUT2D eigenvalue weighted by Gasteiger charge is 2.27. The quantitative estimate of drug-likeness (QED) is 0.885. The molecular formula is C18H28N4O2. The van der Waals surface area contributed by atoms with E-state index in [0.29, 0.717) is 12.5 Å². The molecule has 0 radical (unpaired) electrons. The van der Waals surface area contributed by atoms with Crippen LogP contribution in [0.5, 0.6) is 0 Å². The van der Waals surface area contributed by atoms with Gasteiger partial charge in [-0.2, -0.15) is 0 Å². The number of pyridine rings is 1. The second-order valence-corrected chi connectivity index (χ2v) is 6.91. The van der Waals surface area contributed by atoms with Gasteiger partial charge in [-0.1, -0.05) is 6.07 Å². The van der Waals surface area contributed by atoms with E-state index >= 15 is 0 Å². The molecule has 6 nitrogen and oxygen atoms in total.